The van der Waals surface area contributed by atoms with Gasteiger partial charge in [0.15, 0.2) is 0 Å². The molecule has 0 aliphatic heterocycles. The molecule has 2 saturated carbocycles. The van der Waals surface area contributed by atoms with E-state index in [1.807, 2.05) is 0 Å². The number of fused-ring (bicyclic) bond motifs is 2. The molecule has 2 nitrogen and oxygen atoms in total. The Morgan fingerprint density at radius 3 is 2.83 bits per heavy atom. The maximum atomic E-state index is 10.2. The molecule has 0 spiro atoms. The van der Waals surface area contributed by atoms with Gasteiger partial charge in [0.2, 0.25) is 0 Å². The topological polar surface area (TPSA) is 37.3 Å². The van der Waals surface area contributed by atoms with Crippen LogP contribution in [0, 0.1) is 11.8 Å². The van der Waals surface area contributed by atoms with E-state index in [-0.39, 0.29) is 0 Å². The van der Waals surface area contributed by atoms with Crippen molar-refractivity contribution in [2.45, 2.75) is 44.1 Å². The zero-order chi connectivity index (χ0) is 8.60. The van der Waals surface area contributed by atoms with Crippen LogP contribution in [0.4, 0.5) is 0 Å². The summed E-state index contributed by atoms with van der Waals surface area (Å²) < 4.78 is 0. The summed E-state index contributed by atoms with van der Waals surface area (Å²) in [5.74, 6) is 1.26. The second kappa shape index (κ2) is 2.84. The molecule has 2 rings (SSSR count). The highest BCUT2D eigenvalue weighted by Gasteiger charge is 2.49. The van der Waals surface area contributed by atoms with E-state index in [0.29, 0.717) is 18.8 Å². The number of aldehydes is 1. The van der Waals surface area contributed by atoms with Crippen molar-refractivity contribution in [3.05, 3.63) is 0 Å². The maximum Gasteiger partial charge on any atom is 0.120 e. The van der Waals surface area contributed by atoms with Crippen molar-refractivity contribution < 1.29 is 9.90 Å². The number of carbonyl (C=O) groups is 1. The summed E-state index contributed by atoms with van der Waals surface area (Å²) in [6.45, 7) is 0. The lowest BCUT2D eigenvalue weighted by Crippen LogP contribution is -2.34. The molecule has 2 fully saturated rings. The fourth-order valence-electron chi connectivity index (χ4n) is 3.03. The average Bonchev–Trinajstić information content (AvgIpc) is 2.60. The van der Waals surface area contributed by atoms with Gasteiger partial charge in [-0.2, -0.15) is 0 Å². The first-order valence-corrected chi connectivity index (χ1v) is 4.90. The molecule has 2 aliphatic carbocycles. The Kier molecular flexibility index (Phi) is 1.95. The molecular weight excluding hydrogens is 152 g/mol. The van der Waals surface area contributed by atoms with E-state index in [4.69, 9.17) is 0 Å². The third kappa shape index (κ3) is 1.18. The van der Waals surface area contributed by atoms with Crippen molar-refractivity contribution in [2.75, 3.05) is 0 Å². The van der Waals surface area contributed by atoms with Gasteiger partial charge in [0.25, 0.3) is 0 Å². The lowest BCUT2D eigenvalue weighted by molar-refractivity contribution is -0.109. The molecule has 3 unspecified atom stereocenters. The number of carbonyl (C=O) groups excluding carboxylic acids is 1. The van der Waals surface area contributed by atoms with Crippen LogP contribution in [0.3, 0.4) is 0 Å². The van der Waals surface area contributed by atoms with Gasteiger partial charge in [0, 0.05) is 6.42 Å². The van der Waals surface area contributed by atoms with Crippen LogP contribution in [0.1, 0.15) is 38.5 Å². The standard InChI is InChI=1S/C10H16O2/c11-5-1-4-10(12)7-8-2-3-9(10)6-8/h5,8-9,12H,1-4,6-7H2. The van der Waals surface area contributed by atoms with Gasteiger partial charge in [0.1, 0.15) is 6.29 Å². The highest BCUT2D eigenvalue weighted by atomic mass is 16.3. The molecule has 3 atom stereocenters. The molecule has 0 aromatic carbocycles. The second-order valence-corrected chi connectivity index (χ2v) is 4.39. The minimum Gasteiger partial charge on any atom is -0.390 e. The molecular formula is C10H16O2. The van der Waals surface area contributed by atoms with E-state index in [0.717, 1.165) is 18.6 Å². The molecule has 2 aliphatic rings. The van der Waals surface area contributed by atoms with Crippen LogP contribution < -0.4 is 0 Å². The van der Waals surface area contributed by atoms with E-state index < -0.39 is 5.60 Å². The van der Waals surface area contributed by atoms with Gasteiger partial charge in [-0.3, -0.25) is 0 Å². The third-order valence-electron chi connectivity index (χ3n) is 3.64. The first kappa shape index (κ1) is 8.24. The Bertz CT molecular complexity index is 190. The minimum atomic E-state index is -0.468. The number of hydrogen-bond donors (Lipinski definition) is 1. The Morgan fingerprint density at radius 2 is 2.33 bits per heavy atom. The molecule has 0 saturated heterocycles. The van der Waals surface area contributed by atoms with Crippen LogP contribution in [0.5, 0.6) is 0 Å². The van der Waals surface area contributed by atoms with Crippen LogP contribution in [-0.2, 0) is 4.79 Å². The second-order valence-electron chi connectivity index (χ2n) is 4.39. The van der Waals surface area contributed by atoms with Crippen molar-refractivity contribution in [1.82, 2.24) is 0 Å². The van der Waals surface area contributed by atoms with Crippen LogP contribution in [-0.4, -0.2) is 17.0 Å². The summed E-state index contributed by atoms with van der Waals surface area (Å²) in [7, 11) is 0. The van der Waals surface area contributed by atoms with Gasteiger partial charge in [-0.05, 0) is 43.9 Å². The molecule has 2 bridgehead atoms. The van der Waals surface area contributed by atoms with Crippen molar-refractivity contribution in [3.63, 3.8) is 0 Å². The molecule has 0 aromatic rings. The van der Waals surface area contributed by atoms with Gasteiger partial charge >= 0.3 is 0 Å². The summed E-state index contributed by atoms with van der Waals surface area (Å²) in [6, 6.07) is 0. The van der Waals surface area contributed by atoms with Gasteiger partial charge < -0.3 is 9.90 Å². The van der Waals surface area contributed by atoms with E-state index >= 15 is 0 Å². The van der Waals surface area contributed by atoms with Crippen LogP contribution in [0.2, 0.25) is 0 Å². The molecule has 0 amide bonds. The Morgan fingerprint density at radius 1 is 1.50 bits per heavy atom. The Balaban J connectivity index is 1.97. The SMILES string of the molecule is O=CCCC1(O)CC2CCC1C2. The maximum absolute atomic E-state index is 10.2. The lowest BCUT2D eigenvalue weighted by Gasteiger charge is -2.31. The monoisotopic (exact) mass is 168 g/mol. The molecule has 1 N–H and O–H groups in total. The summed E-state index contributed by atoms with van der Waals surface area (Å²) >= 11 is 0. The van der Waals surface area contributed by atoms with Gasteiger partial charge in [0.05, 0.1) is 5.60 Å². The number of rotatable bonds is 3. The van der Waals surface area contributed by atoms with E-state index in [1.165, 1.54) is 19.3 Å². The number of hydrogen-bond acceptors (Lipinski definition) is 2. The lowest BCUT2D eigenvalue weighted by atomic mass is 9.81. The third-order valence-corrected chi connectivity index (χ3v) is 3.64. The first-order chi connectivity index (χ1) is 5.74. The molecule has 0 heterocycles. The summed E-state index contributed by atoms with van der Waals surface area (Å²) in [6.07, 6.45) is 6.77. The highest BCUT2D eigenvalue weighted by molar-refractivity contribution is 5.49. The molecule has 0 aromatic heterocycles. The predicted octanol–water partition coefficient (Wildman–Crippen LogP) is 1.52. The smallest absolute Gasteiger partial charge is 0.120 e. The molecule has 0 radical (unpaired) electrons. The van der Waals surface area contributed by atoms with Crippen LogP contribution in [0.25, 0.3) is 0 Å². The fraction of sp³-hybridized carbons (Fsp3) is 0.900. The van der Waals surface area contributed by atoms with Crippen molar-refractivity contribution >= 4 is 6.29 Å². The number of aliphatic hydroxyl groups is 1. The van der Waals surface area contributed by atoms with Crippen molar-refractivity contribution in [1.29, 1.82) is 0 Å². The minimum absolute atomic E-state index is 0.468. The van der Waals surface area contributed by atoms with E-state index in [9.17, 15) is 9.90 Å². The van der Waals surface area contributed by atoms with Crippen molar-refractivity contribution in [3.8, 4) is 0 Å². The molecule has 68 valence electrons. The van der Waals surface area contributed by atoms with Crippen molar-refractivity contribution in [2.24, 2.45) is 11.8 Å². The molecule has 2 heteroatoms. The van der Waals surface area contributed by atoms with E-state index in [2.05, 4.69) is 0 Å². The van der Waals surface area contributed by atoms with Gasteiger partial charge in [-0.1, -0.05) is 0 Å². The van der Waals surface area contributed by atoms with Gasteiger partial charge in [-0.25, -0.2) is 0 Å². The predicted molar refractivity (Wildman–Crippen MR) is 45.7 cm³/mol. The van der Waals surface area contributed by atoms with Gasteiger partial charge in [-0.15, -0.1) is 0 Å². The van der Waals surface area contributed by atoms with E-state index in [1.54, 1.807) is 0 Å². The summed E-state index contributed by atoms with van der Waals surface area (Å²) in [5, 5.41) is 10.2. The first-order valence-electron chi connectivity index (χ1n) is 4.90. The Hall–Kier alpha value is -0.370. The fourth-order valence-corrected chi connectivity index (χ4v) is 3.03. The van der Waals surface area contributed by atoms with Crippen LogP contribution >= 0.6 is 0 Å². The normalized spacial score (nSPS) is 45.1. The Labute approximate surface area is 73.0 Å². The van der Waals surface area contributed by atoms with Crippen LogP contribution in [0.15, 0.2) is 0 Å². The highest BCUT2D eigenvalue weighted by Crippen LogP contribution is 2.52. The zero-order valence-corrected chi connectivity index (χ0v) is 7.33. The summed E-state index contributed by atoms with van der Waals surface area (Å²) in [4.78, 5) is 10.2. The quantitative estimate of drug-likeness (QED) is 0.649. The molecule has 12 heavy (non-hydrogen) atoms. The summed E-state index contributed by atoms with van der Waals surface area (Å²) in [5.41, 5.74) is -0.468. The average molecular weight is 168 g/mol. The largest absolute Gasteiger partial charge is 0.390 e. The zero-order valence-electron chi connectivity index (χ0n) is 7.33.